The molecule has 0 saturated carbocycles. The third-order valence-electron chi connectivity index (χ3n) is 4.54. The van der Waals surface area contributed by atoms with Crippen LogP contribution in [-0.2, 0) is 4.74 Å². The maximum Gasteiger partial charge on any atom is 0.154 e. The van der Waals surface area contributed by atoms with Crippen LogP contribution in [0.5, 0.6) is 5.75 Å². The van der Waals surface area contributed by atoms with Crippen molar-refractivity contribution < 1.29 is 14.7 Å². The SMILES string of the molecule is CC1=C(Oc2ccccc2)C2=C(CN1O)C(c1ccc(Cl)cc1)OC2. The molecule has 0 spiro atoms. The predicted molar refractivity (Wildman–Crippen MR) is 95.4 cm³/mol. The van der Waals surface area contributed by atoms with E-state index in [1.807, 2.05) is 61.5 Å². The van der Waals surface area contributed by atoms with Gasteiger partial charge in [-0.1, -0.05) is 41.9 Å². The first-order valence-electron chi connectivity index (χ1n) is 8.13. The molecule has 0 fully saturated rings. The molecule has 5 heteroatoms. The maximum atomic E-state index is 10.4. The molecule has 0 aliphatic carbocycles. The van der Waals surface area contributed by atoms with Gasteiger partial charge in [-0.15, -0.1) is 0 Å². The Balaban J connectivity index is 1.70. The molecule has 2 aliphatic heterocycles. The van der Waals surface area contributed by atoms with Crippen LogP contribution in [-0.4, -0.2) is 23.4 Å². The van der Waals surface area contributed by atoms with E-state index in [1.54, 1.807) is 0 Å². The molecule has 1 N–H and O–H groups in total. The quantitative estimate of drug-likeness (QED) is 0.864. The molecule has 2 aliphatic rings. The normalized spacial score (nSPS) is 20.1. The van der Waals surface area contributed by atoms with Gasteiger partial charge in [0.15, 0.2) is 5.76 Å². The van der Waals surface area contributed by atoms with Crippen molar-refractivity contribution in [3.63, 3.8) is 0 Å². The van der Waals surface area contributed by atoms with E-state index in [0.29, 0.717) is 29.6 Å². The highest BCUT2D eigenvalue weighted by molar-refractivity contribution is 6.30. The third-order valence-corrected chi connectivity index (χ3v) is 4.80. The van der Waals surface area contributed by atoms with E-state index in [9.17, 15) is 5.21 Å². The van der Waals surface area contributed by atoms with E-state index in [1.165, 1.54) is 5.06 Å². The van der Waals surface area contributed by atoms with E-state index >= 15 is 0 Å². The van der Waals surface area contributed by atoms with Crippen molar-refractivity contribution >= 4 is 11.6 Å². The van der Waals surface area contributed by atoms with E-state index in [0.717, 1.165) is 22.5 Å². The topological polar surface area (TPSA) is 41.9 Å². The zero-order chi connectivity index (χ0) is 17.4. The zero-order valence-electron chi connectivity index (χ0n) is 13.8. The van der Waals surface area contributed by atoms with Gasteiger partial charge in [0, 0.05) is 10.6 Å². The Kier molecular flexibility index (Phi) is 4.25. The zero-order valence-corrected chi connectivity index (χ0v) is 14.5. The molecule has 1 atom stereocenters. The fourth-order valence-electron chi connectivity index (χ4n) is 3.20. The fourth-order valence-corrected chi connectivity index (χ4v) is 3.33. The maximum absolute atomic E-state index is 10.4. The smallest absolute Gasteiger partial charge is 0.154 e. The van der Waals surface area contributed by atoms with Gasteiger partial charge in [0.05, 0.1) is 18.8 Å². The molecule has 0 radical (unpaired) electrons. The first-order valence-corrected chi connectivity index (χ1v) is 8.51. The summed E-state index contributed by atoms with van der Waals surface area (Å²) in [5, 5.41) is 12.3. The molecule has 1 unspecified atom stereocenters. The van der Waals surface area contributed by atoms with Gasteiger partial charge in [-0.3, -0.25) is 10.3 Å². The Labute approximate surface area is 151 Å². The number of para-hydroxylation sites is 1. The highest BCUT2D eigenvalue weighted by atomic mass is 35.5. The highest BCUT2D eigenvalue weighted by Crippen LogP contribution is 2.42. The summed E-state index contributed by atoms with van der Waals surface area (Å²) in [5.74, 6) is 1.39. The van der Waals surface area contributed by atoms with Crippen LogP contribution >= 0.6 is 11.6 Å². The van der Waals surface area contributed by atoms with Crippen LogP contribution in [0.2, 0.25) is 5.02 Å². The van der Waals surface area contributed by atoms with E-state index in [-0.39, 0.29) is 6.10 Å². The lowest BCUT2D eigenvalue weighted by atomic mass is 9.95. The second-order valence-corrected chi connectivity index (χ2v) is 6.57. The van der Waals surface area contributed by atoms with Crippen molar-refractivity contribution in [3.05, 3.63) is 87.8 Å². The van der Waals surface area contributed by atoms with Gasteiger partial charge in [-0.05, 0) is 42.3 Å². The van der Waals surface area contributed by atoms with Crippen LogP contribution in [0.1, 0.15) is 18.6 Å². The van der Waals surface area contributed by atoms with Crippen LogP contribution in [0.15, 0.2) is 77.2 Å². The van der Waals surface area contributed by atoms with Crippen LogP contribution < -0.4 is 4.74 Å². The van der Waals surface area contributed by atoms with Crippen molar-refractivity contribution in [1.82, 2.24) is 5.06 Å². The Hall–Kier alpha value is -2.27. The van der Waals surface area contributed by atoms with Crippen LogP contribution in [0.25, 0.3) is 0 Å². The first-order chi connectivity index (χ1) is 12.1. The highest BCUT2D eigenvalue weighted by Gasteiger charge is 2.36. The summed E-state index contributed by atoms with van der Waals surface area (Å²) in [6.45, 7) is 2.70. The number of ether oxygens (including phenoxy) is 2. The lowest BCUT2D eigenvalue weighted by Gasteiger charge is -2.28. The van der Waals surface area contributed by atoms with Crippen molar-refractivity contribution in [3.8, 4) is 5.75 Å². The Morgan fingerprint density at radius 1 is 1.12 bits per heavy atom. The van der Waals surface area contributed by atoms with Gasteiger partial charge in [0.25, 0.3) is 0 Å². The second-order valence-electron chi connectivity index (χ2n) is 6.13. The minimum atomic E-state index is -0.204. The summed E-state index contributed by atoms with van der Waals surface area (Å²) >= 11 is 5.98. The standard InChI is InChI=1S/C20H18ClNO3/c1-13-19(25-16-5-3-2-4-6-16)18-12-24-20(17(18)11-22(13)23)14-7-9-15(21)10-8-14/h2-10,20,23H,11-12H2,1H3. The number of hydroxylamine groups is 2. The van der Waals surface area contributed by atoms with Crippen LogP contribution in [0.3, 0.4) is 0 Å². The van der Waals surface area contributed by atoms with Gasteiger partial charge in [0.1, 0.15) is 11.9 Å². The first kappa shape index (κ1) is 16.2. The van der Waals surface area contributed by atoms with Gasteiger partial charge in [-0.2, -0.15) is 0 Å². The molecular formula is C20H18ClNO3. The molecule has 128 valence electrons. The minimum Gasteiger partial charge on any atom is -0.455 e. The Bertz CT molecular complexity index is 843. The largest absolute Gasteiger partial charge is 0.455 e. The molecule has 0 aromatic heterocycles. The molecule has 2 aromatic carbocycles. The second kappa shape index (κ2) is 6.56. The molecule has 4 rings (SSSR count). The van der Waals surface area contributed by atoms with E-state index in [2.05, 4.69) is 0 Å². The number of hydrogen-bond acceptors (Lipinski definition) is 4. The number of nitrogens with zero attached hydrogens (tertiary/aromatic N) is 1. The van der Waals surface area contributed by atoms with Gasteiger partial charge < -0.3 is 9.47 Å². The van der Waals surface area contributed by atoms with Crippen molar-refractivity contribution in [2.45, 2.75) is 13.0 Å². The summed E-state index contributed by atoms with van der Waals surface area (Å²) in [6.07, 6.45) is -0.204. The minimum absolute atomic E-state index is 0.204. The number of halogens is 1. The summed E-state index contributed by atoms with van der Waals surface area (Å²) in [5.41, 5.74) is 3.72. The average Bonchev–Trinajstić information content (AvgIpc) is 3.04. The number of allylic oxidation sites excluding steroid dienone is 1. The number of hydrogen-bond donors (Lipinski definition) is 1. The Morgan fingerprint density at radius 2 is 1.84 bits per heavy atom. The van der Waals surface area contributed by atoms with Crippen LogP contribution in [0, 0.1) is 0 Å². The van der Waals surface area contributed by atoms with Gasteiger partial charge >= 0.3 is 0 Å². The lowest BCUT2D eigenvalue weighted by molar-refractivity contribution is -0.0543. The van der Waals surface area contributed by atoms with Gasteiger partial charge in [0.2, 0.25) is 0 Å². The number of benzene rings is 2. The Morgan fingerprint density at radius 3 is 2.56 bits per heavy atom. The summed E-state index contributed by atoms with van der Waals surface area (Å²) < 4.78 is 12.1. The summed E-state index contributed by atoms with van der Waals surface area (Å²) in [7, 11) is 0. The lowest BCUT2D eigenvalue weighted by Crippen LogP contribution is -2.28. The fraction of sp³-hybridized carbons (Fsp3) is 0.200. The monoisotopic (exact) mass is 355 g/mol. The van der Waals surface area contributed by atoms with Crippen molar-refractivity contribution in [2.75, 3.05) is 13.2 Å². The molecule has 2 aromatic rings. The summed E-state index contributed by atoms with van der Waals surface area (Å²) in [6, 6.07) is 17.2. The van der Waals surface area contributed by atoms with E-state index < -0.39 is 0 Å². The average molecular weight is 356 g/mol. The molecule has 4 nitrogen and oxygen atoms in total. The summed E-state index contributed by atoms with van der Waals surface area (Å²) in [4.78, 5) is 0. The number of rotatable bonds is 3. The van der Waals surface area contributed by atoms with Crippen molar-refractivity contribution in [1.29, 1.82) is 0 Å². The molecule has 25 heavy (non-hydrogen) atoms. The van der Waals surface area contributed by atoms with Crippen molar-refractivity contribution in [2.24, 2.45) is 0 Å². The molecule has 0 saturated heterocycles. The molecular weight excluding hydrogens is 338 g/mol. The molecule has 0 amide bonds. The van der Waals surface area contributed by atoms with E-state index in [4.69, 9.17) is 21.1 Å². The van der Waals surface area contributed by atoms with Gasteiger partial charge in [-0.25, -0.2) is 0 Å². The van der Waals surface area contributed by atoms with Crippen LogP contribution in [0.4, 0.5) is 0 Å². The molecule has 0 bridgehead atoms. The third kappa shape index (κ3) is 3.04. The predicted octanol–water partition coefficient (Wildman–Crippen LogP) is 4.72. The molecule has 2 heterocycles.